The number of amides is 2. The molecule has 0 fully saturated rings. The first-order valence-electron chi connectivity index (χ1n) is 9.81. The number of rotatable bonds is 10. The van der Waals surface area contributed by atoms with Gasteiger partial charge < -0.3 is 20.3 Å². The number of unbranched alkanes of at least 4 members (excludes halogenated alkanes) is 1. The van der Waals surface area contributed by atoms with Crippen molar-refractivity contribution in [3.63, 3.8) is 0 Å². The Morgan fingerprint density at radius 3 is 1.90 bits per heavy atom. The smallest absolute Gasteiger partial charge is 0.338 e. The average Bonchev–Trinajstić information content (AvgIpc) is 2.70. The van der Waals surface area contributed by atoms with E-state index in [2.05, 4.69) is 10.6 Å². The number of hydrogen-bond acceptors (Lipinski definition) is 4. The number of carbonyl (C=O) groups excluding carboxylic acids is 3. The average molecular weight is 416 g/mol. The van der Waals surface area contributed by atoms with Gasteiger partial charge in [0.05, 0.1) is 19.2 Å². The third-order valence-electron chi connectivity index (χ3n) is 4.19. The minimum atomic E-state index is -0.391. The lowest BCUT2D eigenvalue weighted by Crippen LogP contribution is -3.11. The van der Waals surface area contributed by atoms with Crippen LogP contribution in [-0.4, -0.2) is 44.5 Å². The van der Waals surface area contributed by atoms with Gasteiger partial charge in [-0.05, 0) is 55.0 Å². The van der Waals surface area contributed by atoms with Crippen LogP contribution in [0.2, 0.25) is 0 Å². The summed E-state index contributed by atoms with van der Waals surface area (Å²) in [6.07, 6.45) is 1.76. The summed E-state index contributed by atoms with van der Waals surface area (Å²) in [5.41, 5.74) is 1.46. The number of anilines is 2. The standard InChI is InChI=1S/C22H26FN3O4/c1-3-4-13-30-22(29)16-5-9-18(10-6-16)24-20(27)14-26(2)15-21(28)25-19-11-7-17(23)8-12-19/h5-12H,3-4,13-15H2,1-2H3,(H,24,27)(H,25,28)/p+1. The van der Waals surface area contributed by atoms with Crippen molar-refractivity contribution in [3.05, 3.63) is 59.9 Å². The Bertz CT molecular complexity index is 854. The zero-order chi connectivity index (χ0) is 21.9. The van der Waals surface area contributed by atoms with Crippen LogP contribution in [0.5, 0.6) is 0 Å². The van der Waals surface area contributed by atoms with Crippen molar-refractivity contribution in [1.29, 1.82) is 0 Å². The Morgan fingerprint density at radius 2 is 1.40 bits per heavy atom. The molecule has 0 aromatic heterocycles. The maximum atomic E-state index is 12.9. The molecule has 2 aromatic rings. The fraction of sp³-hybridized carbons (Fsp3) is 0.318. The van der Waals surface area contributed by atoms with E-state index in [-0.39, 0.29) is 30.7 Å². The summed E-state index contributed by atoms with van der Waals surface area (Å²) < 4.78 is 18.0. The maximum Gasteiger partial charge on any atom is 0.338 e. The zero-order valence-electron chi connectivity index (χ0n) is 17.2. The number of ether oxygens (including phenoxy) is 1. The molecule has 0 radical (unpaired) electrons. The van der Waals surface area contributed by atoms with Crippen LogP contribution in [0.3, 0.4) is 0 Å². The van der Waals surface area contributed by atoms with E-state index in [0.717, 1.165) is 12.8 Å². The van der Waals surface area contributed by atoms with Gasteiger partial charge in [-0.3, -0.25) is 9.59 Å². The molecule has 1 atom stereocenters. The number of nitrogens with one attached hydrogen (secondary N) is 3. The molecule has 0 spiro atoms. The van der Waals surface area contributed by atoms with E-state index in [1.807, 2.05) is 6.92 Å². The van der Waals surface area contributed by atoms with Crippen LogP contribution in [0.15, 0.2) is 48.5 Å². The van der Waals surface area contributed by atoms with E-state index in [0.29, 0.717) is 28.4 Å². The van der Waals surface area contributed by atoms with Crippen LogP contribution < -0.4 is 15.5 Å². The van der Waals surface area contributed by atoms with Gasteiger partial charge >= 0.3 is 5.97 Å². The summed E-state index contributed by atoms with van der Waals surface area (Å²) in [6.45, 7) is 2.56. The Balaban J connectivity index is 1.76. The quantitative estimate of drug-likeness (QED) is 0.408. The highest BCUT2D eigenvalue weighted by Crippen LogP contribution is 2.11. The number of halogens is 1. The molecule has 0 heterocycles. The Hall–Kier alpha value is -3.26. The van der Waals surface area contributed by atoms with Gasteiger partial charge in [-0.1, -0.05) is 13.3 Å². The zero-order valence-corrected chi connectivity index (χ0v) is 17.2. The molecule has 0 bridgehead atoms. The van der Waals surface area contributed by atoms with E-state index >= 15 is 0 Å². The second kappa shape index (κ2) is 11.7. The van der Waals surface area contributed by atoms with Crippen LogP contribution in [0.25, 0.3) is 0 Å². The van der Waals surface area contributed by atoms with Gasteiger partial charge in [-0.2, -0.15) is 0 Å². The van der Waals surface area contributed by atoms with Crippen LogP contribution in [0, 0.1) is 5.82 Å². The minimum absolute atomic E-state index is 0.0767. The highest BCUT2D eigenvalue weighted by molar-refractivity contribution is 5.94. The molecule has 2 aromatic carbocycles. The molecule has 0 aliphatic heterocycles. The van der Waals surface area contributed by atoms with E-state index in [4.69, 9.17) is 4.74 Å². The molecule has 2 rings (SSSR count). The molecular weight excluding hydrogens is 389 g/mol. The van der Waals surface area contributed by atoms with Crippen molar-refractivity contribution in [3.8, 4) is 0 Å². The molecule has 30 heavy (non-hydrogen) atoms. The molecule has 3 N–H and O–H groups in total. The number of esters is 1. The van der Waals surface area contributed by atoms with Crippen LogP contribution >= 0.6 is 0 Å². The van der Waals surface area contributed by atoms with Crippen LogP contribution in [0.1, 0.15) is 30.1 Å². The van der Waals surface area contributed by atoms with Crippen LogP contribution in [0.4, 0.5) is 15.8 Å². The van der Waals surface area contributed by atoms with E-state index < -0.39 is 5.97 Å². The fourth-order valence-electron chi connectivity index (χ4n) is 2.64. The van der Waals surface area contributed by atoms with Crippen molar-refractivity contribution in [2.75, 3.05) is 37.4 Å². The van der Waals surface area contributed by atoms with E-state index in [9.17, 15) is 18.8 Å². The maximum absolute atomic E-state index is 12.9. The van der Waals surface area contributed by atoms with Crippen molar-refractivity contribution < 1.29 is 28.4 Å². The van der Waals surface area contributed by atoms with Gasteiger partial charge in [0.15, 0.2) is 13.1 Å². The van der Waals surface area contributed by atoms with Gasteiger partial charge in [0, 0.05) is 11.4 Å². The number of likely N-dealkylation sites (N-methyl/N-ethyl adjacent to an activating group) is 1. The topological polar surface area (TPSA) is 88.9 Å². The Labute approximate surface area is 175 Å². The third-order valence-corrected chi connectivity index (χ3v) is 4.19. The first-order valence-corrected chi connectivity index (χ1v) is 9.81. The van der Waals surface area contributed by atoms with Gasteiger partial charge in [0.2, 0.25) is 0 Å². The number of carbonyl (C=O) groups is 3. The summed E-state index contributed by atoms with van der Waals surface area (Å²) in [4.78, 5) is 36.8. The van der Waals surface area contributed by atoms with Gasteiger partial charge in [-0.15, -0.1) is 0 Å². The Kier molecular flexibility index (Phi) is 8.96. The number of quaternary nitrogens is 1. The monoisotopic (exact) mass is 416 g/mol. The van der Waals surface area contributed by atoms with Crippen molar-refractivity contribution in [1.82, 2.24) is 0 Å². The van der Waals surface area contributed by atoms with E-state index in [1.54, 1.807) is 31.3 Å². The summed E-state index contributed by atoms with van der Waals surface area (Å²) in [7, 11) is 1.72. The highest BCUT2D eigenvalue weighted by Gasteiger charge is 2.15. The summed E-state index contributed by atoms with van der Waals surface area (Å²) in [5, 5.41) is 5.39. The molecule has 0 saturated carbocycles. The molecule has 7 nitrogen and oxygen atoms in total. The molecule has 1 unspecified atom stereocenters. The predicted octanol–water partition coefficient (Wildman–Crippen LogP) is 1.87. The van der Waals surface area contributed by atoms with Crippen molar-refractivity contribution >= 4 is 29.2 Å². The molecular formula is C22H27FN3O4+. The van der Waals surface area contributed by atoms with Crippen molar-refractivity contribution in [2.24, 2.45) is 0 Å². The fourth-order valence-corrected chi connectivity index (χ4v) is 2.64. The van der Waals surface area contributed by atoms with Crippen LogP contribution in [-0.2, 0) is 14.3 Å². The number of benzene rings is 2. The second-order valence-corrected chi connectivity index (χ2v) is 6.98. The summed E-state index contributed by atoms with van der Waals surface area (Å²) in [6, 6.07) is 11.9. The Morgan fingerprint density at radius 1 is 0.900 bits per heavy atom. The SMILES string of the molecule is CCCCOC(=O)c1ccc(NC(=O)C[NH+](C)CC(=O)Nc2ccc(F)cc2)cc1. The molecule has 0 aliphatic rings. The largest absolute Gasteiger partial charge is 0.462 e. The number of hydrogen-bond donors (Lipinski definition) is 3. The minimum Gasteiger partial charge on any atom is -0.462 e. The highest BCUT2D eigenvalue weighted by atomic mass is 19.1. The lowest BCUT2D eigenvalue weighted by atomic mass is 10.2. The normalized spacial score (nSPS) is 11.4. The lowest BCUT2D eigenvalue weighted by molar-refractivity contribution is -0.862. The molecule has 8 heteroatoms. The predicted molar refractivity (Wildman–Crippen MR) is 112 cm³/mol. The van der Waals surface area contributed by atoms with Crippen molar-refractivity contribution in [2.45, 2.75) is 19.8 Å². The lowest BCUT2D eigenvalue weighted by Gasteiger charge is -2.14. The third kappa shape index (κ3) is 8.00. The summed E-state index contributed by atoms with van der Waals surface area (Å²) >= 11 is 0. The molecule has 0 aliphatic carbocycles. The van der Waals surface area contributed by atoms with Gasteiger partial charge in [0.25, 0.3) is 11.8 Å². The molecule has 0 saturated heterocycles. The molecule has 160 valence electrons. The van der Waals surface area contributed by atoms with Gasteiger partial charge in [-0.25, -0.2) is 9.18 Å². The molecule has 2 amide bonds. The summed E-state index contributed by atoms with van der Waals surface area (Å²) in [5.74, 6) is -1.32. The van der Waals surface area contributed by atoms with E-state index in [1.165, 1.54) is 24.3 Å². The second-order valence-electron chi connectivity index (χ2n) is 6.98. The van der Waals surface area contributed by atoms with Gasteiger partial charge in [0.1, 0.15) is 5.82 Å². The first-order chi connectivity index (χ1) is 14.4. The first kappa shape index (κ1) is 23.0.